The number of hydrogen-bond donors (Lipinski definition) is 2. The Labute approximate surface area is 87.1 Å². The first-order valence-electron chi connectivity index (χ1n) is 4.85. The third-order valence-corrected chi connectivity index (χ3v) is 2.60. The predicted molar refractivity (Wildman–Crippen MR) is 53.1 cm³/mol. The number of ether oxygens (including phenoxy) is 1. The van der Waals surface area contributed by atoms with Crippen LogP contribution >= 0.6 is 0 Å². The molecule has 0 radical (unpaired) electrons. The number of carbonyl (C=O) groups is 1. The molecule has 1 aliphatic heterocycles. The van der Waals surface area contributed by atoms with Crippen molar-refractivity contribution in [3.05, 3.63) is 23.3 Å². The molecule has 2 rings (SSSR count). The van der Waals surface area contributed by atoms with Gasteiger partial charge in [-0.2, -0.15) is 0 Å². The molecule has 15 heavy (non-hydrogen) atoms. The third-order valence-electron chi connectivity index (χ3n) is 2.60. The quantitative estimate of drug-likeness (QED) is 0.727. The van der Waals surface area contributed by atoms with E-state index in [0.29, 0.717) is 18.5 Å². The molecule has 1 unspecified atom stereocenters. The van der Waals surface area contributed by atoms with Crippen molar-refractivity contribution < 1.29 is 19.7 Å². The van der Waals surface area contributed by atoms with Gasteiger partial charge in [0, 0.05) is 6.61 Å². The number of phenolic OH excluding ortho intramolecular Hbond substituents is 2. The van der Waals surface area contributed by atoms with Crippen molar-refractivity contribution in [1.29, 1.82) is 0 Å². The van der Waals surface area contributed by atoms with Gasteiger partial charge in [-0.15, -0.1) is 0 Å². The maximum atomic E-state index is 10.6. The molecular weight excluding hydrogens is 196 g/mol. The van der Waals surface area contributed by atoms with Crippen LogP contribution in [0, 0.1) is 0 Å². The molecular formula is C11H12O4. The van der Waals surface area contributed by atoms with Crippen molar-refractivity contribution in [2.24, 2.45) is 0 Å². The van der Waals surface area contributed by atoms with Gasteiger partial charge in [0.1, 0.15) is 11.5 Å². The lowest BCUT2D eigenvalue weighted by Crippen LogP contribution is -1.98. The number of rotatable bonds is 2. The first-order chi connectivity index (χ1) is 7.24. The fourth-order valence-corrected chi connectivity index (χ4v) is 1.83. The Bertz CT molecular complexity index is 380. The highest BCUT2D eigenvalue weighted by Crippen LogP contribution is 2.40. The Morgan fingerprint density at radius 3 is 2.80 bits per heavy atom. The molecule has 0 spiro atoms. The van der Waals surface area contributed by atoms with Gasteiger partial charge in [-0.3, -0.25) is 4.79 Å². The van der Waals surface area contributed by atoms with Crippen LogP contribution in [0.4, 0.5) is 0 Å². The molecule has 1 atom stereocenters. The average Bonchev–Trinajstić information content (AvgIpc) is 2.71. The maximum Gasteiger partial charge on any atom is 0.153 e. The maximum absolute atomic E-state index is 10.6. The van der Waals surface area contributed by atoms with Crippen LogP contribution in [-0.4, -0.2) is 23.1 Å². The smallest absolute Gasteiger partial charge is 0.153 e. The van der Waals surface area contributed by atoms with Gasteiger partial charge in [-0.25, -0.2) is 0 Å². The zero-order valence-corrected chi connectivity index (χ0v) is 8.14. The van der Waals surface area contributed by atoms with Crippen LogP contribution in [0.25, 0.3) is 0 Å². The van der Waals surface area contributed by atoms with E-state index in [-0.39, 0.29) is 23.2 Å². The van der Waals surface area contributed by atoms with Gasteiger partial charge < -0.3 is 14.9 Å². The molecule has 0 amide bonds. The van der Waals surface area contributed by atoms with Crippen LogP contribution in [0.2, 0.25) is 0 Å². The van der Waals surface area contributed by atoms with Gasteiger partial charge in [0.25, 0.3) is 0 Å². The fourth-order valence-electron chi connectivity index (χ4n) is 1.83. The first-order valence-corrected chi connectivity index (χ1v) is 4.85. The predicted octanol–water partition coefficient (Wildman–Crippen LogP) is 1.76. The highest BCUT2D eigenvalue weighted by atomic mass is 16.5. The van der Waals surface area contributed by atoms with Gasteiger partial charge in [-0.05, 0) is 25.0 Å². The summed E-state index contributed by atoms with van der Waals surface area (Å²) in [6.07, 6.45) is 1.91. The fraction of sp³-hybridized carbons (Fsp3) is 0.364. The van der Waals surface area contributed by atoms with Crippen molar-refractivity contribution in [1.82, 2.24) is 0 Å². The molecule has 1 heterocycles. The van der Waals surface area contributed by atoms with Gasteiger partial charge >= 0.3 is 0 Å². The molecule has 2 N–H and O–H groups in total. The number of aromatic hydroxyl groups is 2. The third kappa shape index (κ3) is 1.68. The summed E-state index contributed by atoms with van der Waals surface area (Å²) in [6.45, 7) is 0.620. The zero-order chi connectivity index (χ0) is 10.8. The van der Waals surface area contributed by atoms with E-state index in [9.17, 15) is 15.0 Å². The number of hydrogen-bond acceptors (Lipinski definition) is 4. The Kier molecular flexibility index (Phi) is 2.60. The molecule has 0 aliphatic carbocycles. The van der Waals surface area contributed by atoms with E-state index < -0.39 is 0 Å². The molecule has 80 valence electrons. The number of carbonyl (C=O) groups excluding carboxylic acids is 1. The summed E-state index contributed by atoms with van der Waals surface area (Å²) in [5, 5.41) is 19.4. The van der Waals surface area contributed by atoms with Crippen molar-refractivity contribution in [3.8, 4) is 11.5 Å². The van der Waals surface area contributed by atoms with E-state index >= 15 is 0 Å². The molecule has 1 saturated heterocycles. The number of phenols is 2. The second-order valence-electron chi connectivity index (χ2n) is 3.56. The highest BCUT2D eigenvalue weighted by molar-refractivity contribution is 5.81. The van der Waals surface area contributed by atoms with Gasteiger partial charge in [0.15, 0.2) is 6.29 Å². The summed E-state index contributed by atoms with van der Waals surface area (Å²) in [7, 11) is 0. The molecule has 0 saturated carbocycles. The molecule has 4 heteroatoms. The topological polar surface area (TPSA) is 66.8 Å². The average molecular weight is 208 g/mol. The van der Waals surface area contributed by atoms with E-state index in [1.165, 1.54) is 12.1 Å². The zero-order valence-electron chi connectivity index (χ0n) is 8.14. The summed E-state index contributed by atoms with van der Waals surface area (Å²) in [6, 6.07) is 2.79. The Morgan fingerprint density at radius 1 is 1.40 bits per heavy atom. The van der Waals surface area contributed by atoms with Crippen LogP contribution in [0.1, 0.15) is 34.9 Å². The van der Waals surface area contributed by atoms with E-state index in [1.54, 1.807) is 0 Å². The summed E-state index contributed by atoms with van der Waals surface area (Å²) in [5.74, 6) is -0.193. The lowest BCUT2D eigenvalue weighted by atomic mass is 10.0. The molecule has 0 bridgehead atoms. The Balaban J connectivity index is 2.47. The van der Waals surface area contributed by atoms with E-state index in [0.717, 1.165) is 12.8 Å². The summed E-state index contributed by atoms with van der Waals surface area (Å²) in [4.78, 5) is 10.6. The standard InChI is InChI=1S/C11H12O4/c12-6-7-3-4-8(13)10(11(7)14)9-2-1-5-15-9/h3-4,6,9,13-14H,1-2,5H2. The lowest BCUT2D eigenvalue weighted by molar-refractivity contribution is 0.106. The minimum Gasteiger partial charge on any atom is -0.507 e. The molecule has 1 fully saturated rings. The number of benzene rings is 1. The van der Waals surface area contributed by atoms with Gasteiger partial charge in [0.05, 0.1) is 17.2 Å². The molecule has 0 aromatic heterocycles. The van der Waals surface area contributed by atoms with Crippen molar-refractivity contribution >= 4 is 6.29 Å². The largest absolute Gasteiger partial charge is 0.507 e. The van der Waals surface area contributed by atoms with E-state index in [4.69, 9.17) is 4.74 Å². The van der Waals surface area contributed by atoms with Crippen LogP contribution in [-0.2, 0) is 4.74 Å². The van der Waals surface area contributed by atoms with Crippen LogP contribution in [0.5, 0.6) is 11.5 Å². The monoisotopic (exact) mass is 208 g/mol. The van der Waals surface area contributed by atoms with Gasteiger partial charge in [-0.1, -0.05) is 0 Å². The highest BCUT2D eigenvalue weighted by Gasteiger charge is 2.25. The molecule has 1 aliphatic rings. The van der Waals surface area contributed by atoms with Crippen molar-refractivity contribution in [2.75, 3.05) is 6.61 Å². The summed E-state index contributed by atoms with van der Waals surface area (Å²) >= 11 is 0. The minimum atomic E-state index is -0.301. The van der Waals surface area contributed by atoms with E-state index in [1.807, 2.05) is 0 Å². The molecule has 1 aromatic carbocycles. The second-order valence-corrected chi connectivity index (χ2v) is 3.56. The van der Waals surface area contributed by atoms with Crippen LogP contribution in [0.3, 0.4) is 0 Å². The number of aldehydes is 1. The van der Waals surface area contributed by atoms with E-state index in [2.05, 4.69) is 0 Å². The second kappa shape index (κ2) is 3.90. The summed E-state index contributed by atoms with van der Waals surface area (Å²) in [5.41, 5.74) is 0.510. The van der Waals surface area contributed by atoms with Crippen LogP contribution < -0.4 is 0 Å². The minimum absolute atomic E-state index is 0.0231. The summed E-state index contributed by atoms with van der Waals surface area (Å²) < 4.78 is 5.36. The first kappa shape index (κ1) is 9.98. The van der Waals surface area contributed by atoms with Crippen molar-refractivity contribution in [3.63, 3.8) is 0 Å². The normalized spacial score (nSPS) is 20.4. The Morgan fingerprint density at radius 2 is 2.20 bits per heavy atom. The molecule has 1 aromatic rings. The van der Waals surface area contributed by atoms with Gasteiger partial charge in [0.2, 0.25) is 0 Å². The van der Waals surface area contributed by atoms with Crippen LogP contribution in [0.15, 0.2) is 12.1 Å². The lowest BCUT2D eigenvalue weighted by Gasteiger charge is -2.14. The Hall–Kier alpha value is -1.55. The SMILES string of the molecule is O=Cc1ccc(O)c(C2CCCO2)c1O. The van der Waals surface area contributed by atoms with Crippen molar-refractivity contribution in [2.45, 2.75) is 18.9 Å². The molecule has 4 nitrogen and oxygen atoms in total.